The molecule has 8 nitrogen and oxygen atoms in total. The highest BCUT2D eigenvalue weighted by Gasteiger charge is 2.27. The van der Waals surface area contributed by atoms with Crippen molar-refractivity contribution in [1.29, 1.82) is 0 Å². The third-order valence-electron chi connectivity index (χ3n) is 12.4. The van der Waals surface area contributed by atoms with E-state index in [1.54, 1.807) is 6.08 Å². The summed E-state index contributed by atoms with van der Waals surface area (Å²) in [5.41, 5.74) is 0. The van der Waals surface area contributed by atoms with Crippen LogP contribution < -0.4 is 5.32 Å². The lowest BCUT2D eigenvalue weighted by molar-refractivity contribution is -0.870. The van der Waals surface area contributed by atoms with Crippen molar-refractivity contribution >= 4 is 13.7 Å². The van der Waals surface area contributed by atoms with Gasteiger partial charge in [0, 0.05) is 6.42 Å². The minimum atomic E-state index is -4.36. The molecule has 9 heteroatoms. The van der Waals surface area contributed by atoms with Crippen LogP contribution in [0.2, 0.25) is 0 Å². The zero-order valence-corrected chi connectivity index (χ0v) is 45.5. The third kappa shape index (κ3) is 51.9. The van der Waals surface area contributed by atoms with Gasteiger partial charge < -0.3 is 19.8 Å². The third-order valence-corrected chi connectivity index (χ3v) is 13.4. The molecular formula is C58H110N2O6P+. The fourth-order valence-electron chi connectivity index (χ4n) is 7.99. The van der Waals surface area contributed by atoms with Crippen LogP contribution in [0.5, 0.6) is 0 Å². The van der Waals surface area contributed by atoms with Crippen LogP contribution in [0.15, 0.2) is 60.8 Å². The summed E-state index contributed by atoms with van der Waals surface area (Å²) in [7, 11) is 1.54. The monoisotopic (exact) mass is 962 g/mol. The summed E-state index contributed by atoms with van der Waals surface area (Å²) < 4.78 is 23.7. The molecule has 0 aromatic heterocycles. The summed E-state index contributed by atoms with van der Waals surface area (Å²) in [6.07, 6.45) is 66.1. The summed E-state index contributed by atoms with van der Waals surface area (Å²) in [4.78, 5) is 23.2. The van der Waals surface area contributed by atoms with E-state index in [4.69, 9.17) is 9.05 Å². The lowest BCUT2D eigenvalue weighted by Gasteiger charge is -2.25. The Labute approximate surface area is 415 Å². The van der Waals surface area contributed by atoms with E-state index < -0.39 is 20.0 Å². The van der Waals surface area contributed by atoms with Gasteiger partial charge in [0.05, 0.1) is 39.9 Å². The fraction of sp³-hybridized carbons (Fsp3) is 0.810. The largest absolute Gasteiger partial charge is 0.472 e. The van der Waals surface area contributed by atoms with E-state index in [0.717, 1.165) is 64.2 Å². The molecule has 0 aromatic rings. The first kappa shape index (κ1) is 65.2. The molecule has 0 heterocycles. The maximum Gasteiger partial charge on any atom is 0.472 e. The molecule has 0 aliphatic rings. The number of phosphoric acid groups is 1. The Morgan fingerprint density at radius 1 is 0.507 bits per heavy atom. The van der Waals surface area contributed by atoms with Gasteiger partial charge in [0.25, 0.3) is 0 Å². The van der Waals surface area contributed by atoms with Crippen molar-refractivity contribution in [1.82, 2.24) is 5.32 Å². The number of hydrogen-bond acceptors (Lipinski definition) is 5. The second-order valence-electron chi connectivity index (χ2n) is 20.3. The Bertz CT molecular complexity index is 1270. The second-order valence-corrected chi connectivity index (χ2v) is 21.7. The van der Waals surface area contributed by atoms with E-state index in [1.807, 2.05) is 27.2 Å². The van der Waals surface area contributed by atoms with Gasteiger partial charge in [0.2, 0.25) is 5.91 Å². The molecule has 0 rings (SSSR count). The predicted octanol–water partition coefficient (Wildman–Crippen LogP) is 16.9. The van der Waals surface area contributed by atoms with Gasteiger partial charge in [-0.1, -0.05) is 229 Å². The van der Waals surface area contributed by atoms with E-state index in [2.05, 4.69) is 67.8 Å². The van der Waals surface area contributed by atoms with Crippen LogP contribution in [0.25, 0.3) is 0 Å². The molecule has 3 atom stereocenters. The first-order valence-corrected chi connectivity index (χ1v) is 29.7. The molecule has 0 fully saturated rings. The fourth-order valence-corrected chi connectivity index (χ4v) is 8.72. The van der Waals surface area contributed by atoms with E-state index in [-0.39, 0.29) is 19.1 Å². The number of allylic oxidation sites excluding steroid dienone is 9. The molecular weight excluding hydrogens is 852 g/mol. The first-order valence-electron chi connectivity index (χ1n) is 28.2. The topological polar surface area (TPSA) is 105 Å². The first-order chi connectivity index (χ1) is 32.5. The highest BCUT2D eigenvalue weighted by Crippen LogP contribution is 2.43. The number of likely N-dealkylation sites (N-methyl/N-ethyl adjacent to an activating group) is 1. The zero-order valence-electron chi connectivity index (χ0n) is 44.6. The van der Waals surface area contributed by atoms with Crippen LogP contribution in [0.1, 0.15) is 251 Å². The van der Waals surface area contributed by atoms with E-state index in [0.29, 0.717) is 17.4 Å². The Balaban J connectivity index is 4.31. The average molecular weight is 962 g/mol. The number of phosphoric ester groups is 1. The number of hydrogen-bond donors (Lipinski definition) is 3. The predicted molar refractivity (Wildman–Crippen MR) is 290 cm³/mol. The number of carbonyl (C=O) groups excluding carboxylic acids is 1. The Morgan fingerprint density at radius 2 is 0.866 bits per heavy atom. The summed E-state index contributed by atoms with van der Waals surface area (Å²) in [5.74, 6) is -0.199. The van der Waals surface area contributed by atoms with Gasteiger partial charge in [-0.2, -0.15) is 0 Å². The smallest absolute Gasteiger partial charge is 0.387 e. The van der Waals surface area contributed by atoms with Crippen molar-refractivity contribution in [3.63, 3.8) is 0 Å². The molecule has 0 aliphatic carbocycles. The number of carbonyl (C=O) groups is 1. The molecule has 67 heavy (non-hydrogen) atoms. The van der Waals surface area contributed by atoms with Gasteiger partial charge >= 0.3 is 7.82 Å². The molecule has 0 aliphatic heterocycles. The molecule has 0 saturated carbocycles. The average Bonchev–Trinajstić information content (AvgIpc) is 3.29. The second kappa shape index (κ2) is 49.2. The zero-order chi connectivity index (χ0) is 49.2. The van der Waals surface area contributed by atoms with Crippen LogP contribution in [0.4, 0.5) is 0 Å². The molecule has 3 unspecified atom stereocenters. The van der Waals surface area contributed by atoms with E-state index in [9.17, 15) is 19.4 Å². The minimum absolute atomic E-state index is 0.0500. The number of aliphatic hydroxyl groups is 1. The molecule has 1 amide bonds. The molecule has 0 spiro atoms. The quantitative estimate of drug-likeness (QED) is 0.0243. The van der Waals surface area contributed by atoms with Gasteiger partial charge in [0.1, 0.15) is 13.2 Å². The number of nitrogens with one attached hydrogen (secondary N) is 1. The van der Waals surface area contributed by atoms with Gasteiger partial charge in [-0.05, 0) is 77.0 Å². The number of rotatable bonds is 51. The highest BCUT2D eigenvalue weighted by molar-refractivity contribution is 7.47. The number of aliphatic hydroxyl groups excluding tert-OH is 1. The van der Waals surface area contributed by atoms with Crippen LogP contribution in [0.3, 0.4) is 0 Å². The van der Waals surface area contributed by atoms with Crippen LogP contribution in [0, 0.1) is 0 Å². The molecule has 0 radical (unpaired) electrons. The van der Waals surface area contributed by atoms with Crippen molar-refractivity contribution in [2.45, 2.75) is 264 Å². The lowest BCUT2D eigenvalue weighted by Crippen LogP contribution is -2.45. The Kier molecular flexibility index (Phi) is 47.9. The molecule has 392 valence electrons. The highest BCUT2D eigenvalue weighted by atomic mass is 31.2. The summed E-state index contributed by atoms with van der Waals surface area (Å²) in [5, 5.41) is 13.9. The number of unbranched alkanes of at least 4 members (excludes halogenated alkanes) is 30. The SMILES string of the molecule is CCCCCC/C=C\C/C=C\CCCCCCCCCC(=O)NC(COP(=O)(O)OCC[N+](C)(C)C)C(O)/C=C/CC/C=C/CC/C=C/CCCCCCCCCCCCCCCCCCC. The van der Waals surface area contributed by atoms with E-state index >= 15 is 0 Å². The maximum atomic E-state index is 12.9. The van der Waals surface area contributed by atoms with Crippen LogP contribution in [-0.2, 0) is 18.4 Å². The number of amides is 1. The number of nitrogens with zero attached hydrogens (tertiary/aromatic N) is 1. The Morgan fingerprint density at radius 3 is 1.30 bits per heavy atom. The minimum Gasteiger partial charge on any atom is -0.387 e. The molecule has 0 bridgehead atoms. The normalized spacial score (nSPS) is 14.4. The summed E-state index contributed by atoms with van der Waals surface area (Å²) >= 11 is 0. The van der Waals surface area contributed by atoms with Crippen molar-refractivity contribution < 1.29 is 32.9 Å². The summed E-state index contributed by atoms with van der Waals surface area (Å²) in [6.45, 7) is 4.78. The standard InChI is InChI=1S/C58H109N2O6P/c1-6-8-10-12-14-16-18-20-22-24-26-27-28-29-30-31-32-33-34-35-37-39-41-43-45-47-49-51-57(61)56(55-66-67(63,64)65-54-53-60(3,4)5)59-58(62)52-50-48-46-44-42-40-38-36-25-23-21-19-17-15-13-11-9-7-2/h17,19,23,25,34-35,41,43,49,51,56-57,61H,6-16,18,20-22,24,26-33,36-40,42,44-48,50,52-55H2,1-5H3,(H-,59,62,63,64)/p+1/b19-17-,25-23-,35-34+,43-41+,51-49+. The Hall–Kier alpha value is -1.80. The summed E-state index contributed by atoms with van der Waals surface area (Å²) in [6, 6.07) is -0.877. The van der Waals surface area contributed by atoms with E-state index in [1.165, 1.54) is 167 Å². The van der Waals surface area contributed by atoms with Crippen molar-refractivity contribution in [2.24, 2.45) is 0 Å². The lowest BCUT2D eigenvalue weighted by atomic mass is 10.0. The van der Waals surface area contributed by atoms with Crippen molar-refractivity contribution in [3.8, 4) is 0 Å². The molecule has 3 N–H and O–H groups in total. The molecule has 0 saturated heterocycles. The van der Waals surface area contributed by atoms with Crippen LogP contribution in [-0.4, -0.2) is 73.4 Å². The van der Waals surface area contributed by atoms with Gasteiger partial charge in [-0.3, -0.25) is 13.8 Å². The van der Waals surface area contributed by atoms with Gasteiger partial charge in [-0.25, -0.2) is 4.57 Å². The van der Waals surface area contributed by atoms with Gasteiger partial charge in [0.15, 0.2) is 0 Å². The molecule has 0 aromatic carbocycles. The maximum absolute atomic E-state index is 12.9. The van der Waals surface area contributed by atoms with Gasteiger partial charge in [-0.15, -0.1) is 0 Å². The van der Waals surface area contributed by atoms with Crippen molar-refractivity contribution in [2.75, 3.05) is 40.9 Å². The van der Waals surface area contributed by atoms with Crippen LogP contribution >= 0.6 is 7.82 Å². The van der Waals surface area contributed by atoms with Crippen molar-refractivity contribution in [3.05, 3.63) is 60.8 Å². The number of quaternary nitrogens is 1.